The molecule has 1 heterocycles. The first-order chi connectivity index (χ1) is 6.38. The van der Waals surface area contributed by atoms with Gasteiger partial charge in [0.05, 0.1) is 10.7 Å². The minimum absolute atomic E-state index is 0. The highest BCUT2D eigenvalue weighted by Gasteiger charge is 2.11. The van der Waals surface area contributed by atoms with E-state index >= 15 is 0 Å². The molecule has 1 aromatic rings. The van der Waals surface area contributed by atoms with E-state index in [0.29, 0.717) is 0 Å². The smallest absolute Gasteiger partial charge is 0.0639 e. The molecule has 2 nitrogen and oxygen atoms in total. The second-order valence-corrected chi connectivity index (χ2v) is 3.60. The van der Waals surface area contributed by atoms with E-state index in [1.807, 2.05) is 18.2 Å². The molecule has 2 rings (SSSR count). The fraction of sp³-hybridized carbons (Fsp3) is 0.400. The van der Waals surface area contributed by atoms with Gasteiger partial charge in [0.1, 0.15) is 0 Å². The van der Waals surface area contributed by atoms with Gasteiger partial charge in [-0.2, -0.15) is 0 Å². The van der Waals surface area contributed by atoms with Crippen LogP contribution in [0.3, 0.4) is 0 Å². The van der Waals surface area contributed by atoms with Crippen molar-refractivity contribution in [1.82, 2.24) is 5.32 Å². The van der Waals surface area contributed by atoms with Gasteiger partial charge >= 0.3 is 0 Å². The van der Waals surface area contributed by atoms with Crippen molar-refractivity contribution in [2.24, 2.45) is 0 Å². The molecule has 1 N–H and O–H groups in total. The molecule has 1 aliphatic heterocycles. The summed E-state index contributed by atoms with van der Waals surface area (Å²) in [6.07, 6.45) is 0. The van der Waals surface area contributed by atoms with Crippen LogP contribution >= 0.6 is 28.6 Å². The maximum Gasteiger partial charge on any atom is 0.0639 e. The van der Waals surface area contributed by atoms with Crippen LogP contribution in [0.25, 0.3) is 0 Å². The maximum atomic E-state index is 6.10. The molecular formula is C10H14BrClN2. The Morgan fingerprint density at radius 3 is 2.43 bits per heavy atom. The lowest BCUT2D eigenvalue weighted by Gasteiger charge is -2.30. The molecule has 0 unspecified atom stereocenters. The van der Waals surface area contributed by atoms with Crippen molar-refractivity contribution in [2.75, 3.05) is 31.1 Å². The number of nitrogens with one attached hydrogen (secondary N) is 1. The van der Waals surface area contributed by atoms with Crippen LogP contribution in [-0.4, -0.2) is 26.2 Å². The molecule has 0 aliphatic carbocycles. The molecule has 0 bridgehead atoms. The van der Waals surface area contributed by atoms with Crippen LogP contribution in [0.4, 0.5) is 5.69 Å². The van der Waals surface area contributed by atoms with Crippen LogP contribution in [0.5, 0.6) is 0 Å². The number of anilines is 1. The van der Waals surface area contributed by atoms with Crippen LogP contribution in [0.2, 0.25) is 5.02 Å². The minimum atomic E-state index is 0. The summed E-state index contributed by atoms with van der Waals surface area (Å²) < 4.78 is 0. The lowest BCUT2D eigenvalue weighted by atomic mass is 10.2. The molecule has 78 valence electrons. The predicted molar refractivity (Wildman–Crippen MR) is 66.9 cm³/mol. The maximum absolute atomic E-state index is 6.10. The number of hydrogen-bond acceptors (Lipinski definition) is 2. The Balaban J connectivity index is 0.000000980. The summed E-state index contributed by atoms with van der Waals surface area (Å²) in [4.78, 5) is 2.32. The third kappa shape index (κ3) is 2.62. The molecule has 0 radical (unpaired) electrons. The van der Waals surface area contributed by atoms with Crippen molar-refractivity contribution in [1.29, 1.82) is 0 Å². The quantitative estimate of drug-likeness (QED) is 0.847. The predicted octanol–water partition coefficient (Wildman–Crippen LogP) is 2.33. The lowest BCUT2D eigenvalue weighted by molar-refractivity contribution is 0.589. The molecule has 1 aliphatic rings. The topological polar surface area (TPSA) is 15.3 Å². The van der Waals surface area contributed by atoms with E-state index in [-0.39, 0.29) is 17.0 Å². The van der Waals surface area contributed by atoms with Gasteiger partial charge < -0.3 is 10.2 Å². The highest BCUT2D eigenvalue weighted by molar-refractivity contribution is 8.93. The van der Waals surface area contributed by atoms with Crippen molar-refractivity contribution >= 4 is 34.3 Å². The summed E-state index contributed by atoms with van der Waals surface area (Å²) in [5, 5.41) is 4.17. The number of benzene rings is 1. The molecule has 1 fully saturated rings. The van der Waals surface area contributed by atoms with Gasteiger partial charge in [0, 0.05) is 26.2 Å². The van der Waals surface area contributed by atoms with Crippen molar-refractivity contribution < 1.29 is 0 Å². The second-order valence-electron chi connectivity index (χ2n) is 3.19. The standard InChI is InChI=1S/C10H13ClN2.BrH/c11-9-3-1-2-4-10(9)13-7-5-12-6-8-13;/h1-4,12H,5-8H2;1H. The van der Waals surface area contributed by atoms with E-state index < -0.39 is 0 Å². The summed E-state index contributed by atoms with van der Waals surface area (Å²) in [6.45, 7) is 4.18. The normalized spacial score (nSPS) is 16.2. The molecule has 4 heteroatoms. The van der Waals surface area contributed by atoms with Crippen molar-refractivity contribution in [3.05, 3.63) is 29.3 Å². The summed E-state index contributed by atoms with van der Waals surface area (Å²) in [5.74, 6) is 0. The van der Waals surface area contributed by atoms with Crippen LogP contribution in [0, 0.1) is 0 Å². The lowest BCUT2D eigenvalue weighted by Crippen LogP contribution is -2.43. The third-order valence-corrected chi connectivity index (χ3v) is 2.63. The van der Waals surface area contributed by atoms with Gasteiger partial charge in [-0.25, -0.2) is 0 Å². The molecule has 0 amide bonds. The number of rotatable bonds is 1. The number of halogens is 2. The zero-order chi connectivity index (χ0) is 9.10. The Bertz CT molecular complexity index is 287. The zero-order valence-electron chi connectivity index (χ0n) is 7.87. The van der Waals surface area contributed by atoms with E-state index in [2.05, 4.69) is 16.3 Å². The molecule has 0 aromatic heterocycles. The van der Waals surface area contributed by atoms with E-state index in [1.54, 1.807) is 0 Å². The van der Waals surface area contributed by atoms with Gasteiger partial charge in [-0.1, -0.05) is 23.7 Å². The fourth-order valence-corrected chi connectivity index (χ4v) is 1.87. The number of hydrogen-bond donors (Lipinski definition) is 1. The number of piperazine rings is 1. The highest BCUT2D eigenvalue weighted by Crippen LogP contribution is 2.24. The number of para-hydroxylation sites is 1. The first-order valence-electron chi connectivity index (χ1n) is 4.58. The highest BCUT2D eigenvalue weighted by atomic mass is 79.9. The van der Waals surface area contributed by atoms with Crippen molar-refractivity contribution in [2.45, 2.75) is 0 Å². The monoisotopic (exact) mass is 276 g/mol. The van der Waals surface area contributed by atoms with Gasteiger partial charge in [-0.15, -0.1) is 17.0 Å². The summed E-state index contributed by atoms with van der Waals surface area (Å²) in [7, 11) is 0. The second kappa shape index (κ2) is 5.59. The fourth-order valence-electron chi connectivity index (χ4n) is 1.61. The zero-order valence-corrected chi connectivity index (χ0v) is 10.3. The first kappa shape index (κ1) is 11.8. The van der Waals surface area contributed by atoms with E-state index in [0.717, 1.165) is 36.9 Å². The minimum Gasteiger partial charge on any atom is -0.368 e. The molecule has 1 aromatic carbocycles. The van der Waals surface area contributed by atoms with Crippen LogP contribution in [-0.2, 0) is 0 Å². The molecule has 1 saturated heterocycles. The van der Waals surface area contributed by atoms with Crippen molar-refractivity contribution in [3.63, 3.8) is 0 Å². The summed E-state index contributed by atoms with van der Waals surface area (Å²) in [5.41, 5.74) is 1.16. The van der Waals surface area contributed by atoms with Gasteiger partial charge in [-0.3, -0.25) is 0 Å². The average Bonchev–Trinajstić information content (AvgIpc) is 2.20. The van der Waals surface area contributed by atoms with Crippen molar-refractivity contribution in [3.8, 4) is 0 Å². The molecule has 14 heavy (non-hydrogen) atoms. The average molecular weight is 278 g/mol. The SMILES string of the molecule is Br.Clc1ccccc1N1CCNCC1. The van der Waals surface area contributed by atoms with Gasteiger partial charge in [-0.05, 0) is 12.1 Å². The van der Waals surface area contributed by atoms with Crippen LogP contribution in [0.1, 0.15) is 0 Å². The molecule has 0 saturated carbocycles. The van der Waals surface area contributed by atoms with Crippen LogP contribution < -0.4 is 10.2 Å². The van der Waals surface area contributed by atoms with E-state index in [1.165, 1.54) is 0 Å². The van der Waals surface area contributed by atoms with Gasteiger partial charge in [0.25, 0.3) is 0 Å². The molecule has 0 atom stereocenters. The summed E-state index contributed by atoms with van der Waals surface area (Å²) in [6, 6.07) is 8.02. The van der Waals surface area contributed by atoms with Gasteiger partial charge in [0.15, 0.2) is 0 Å². The van der Waals surface area contributed by atoms with E-state index in [9.17, 15) is 0 Å². The Morgan fingerprint density at radius 1 is 1.14 bits per heavy atom. The number of nitrogens with zero attached hydrogens (tertiary/aromatic N) is 1. The van der Waals surface area contributed by atoms with E-state index in [4.69, 9.17) is 11.6 Å². The van der Waals surface area contributed by atoms with Crippen LogP contribution in [0.15, 0.2) is 24.3 Å². The Morgan fingerprint density at radius 2 is 1.79 bits per heavy atom. The first-order valence-corrected chi connectivity index (χ1v) is 4.96. The Hall–Kier alpha value is -0.250. The largest absolute Gasteiger partial charge is 0.368 e. The van der Waals surface area contributed by atoms with Gasteiger partial charge in [0.2, 0.25) is 0 Å². The Kier molecular flexibility index (Phi) is 4.72. The third-order valence-electron chi connectivity index (χ3n) is 2.31. The molecule has 0 spiro atoms. The summed E-state index contributed by atoms with van der Waals surface area (Å²) >= 11 is 6.10. The Labute approximate surface area is 100 Å². The molecular weight excluding hydrogens is 263 g/mol.